The maximum absolute atomic E-state index is 14.3. The smallest absolute Gasteiger partial charge is 0.381 e. The van der Waals surface area contributed by atoms with E-state index in [0.29, 0.717) is 49.4 Å². The molecule has 5 atom stereocenters. The third-order valence-corrected chi connectivity index (χ3v) is 12.4. The highest BCUT2D eigenvalue weighted by atomic mass is 32.1. The van der Waals surface area contributed by atoms with Crippen LogP contribution in [0, 0.1) is 29.1 Å². The molecule has 254 valence electrons. The van der Waals surface area contributed by atoms with Crippen molar-refractivity contribution in [1.82, 2.24) is 15.1 Å². The first-order chi connectivity index (χ1) is 22.4. The lowest BCUT2D eigenvalue weighted by atomic mass is 9.84. The molecule has 1 aromatic carbocycles. The van der Waals surface area contributed by atoms with Crippen LogP contribution in [0.1, 0.15) is 73.0 Å². The SMILES string of the molecule is N#C[C@H]1CN(C(=O)[C@@H]2CC[C@@H]3CCCC[C@H](NC(=O)c4cc5cc(C(F)(F)P(=O)(O)O)ccc5s4)C(=O)N32)C[C@@H]1CC1CCOCC1. The van der Waals surface area contributed by atoms with Crippen LogP contribution in [-0.4, -0.2) is 81.7 Å². The summed E-state index contributed by atoms with van der Waals surface area (Å²) < 4.78 is 45.9. The first-order valence-electron chi connectivity index (χ1n) is 16.2. The summed E-state index contributed by atoms with van der Waals surface area (Å²) in [4.78, 5) is 63.2. The molecule has 4 saturated heterocycles. The van der Waals surface area contributed by atoms with Crippen LogP contribution in [-0.2, 0) is 24.6 Å². The molecule has 0 bridgehead atoms. The van der Waals surface area contributed by atoms with Gasteiger partial charge in [-0.2, -0.15) is 14.0 Å². The minimum Gasteiger partial charge on any atom is -0.381 e. The number of halogens is 2. The fraction of sp³-hybridized carbons (Fsp3) is 0.625. The zero-order valence-corrected chi connectivity index (χ0v) is 27.6. The second-order valence-electron chi connectivity index (χ2n) is 13.3. The van der Waals surface area contributed by atoms with Crippen molar-refractivity contribution >= 4 is 46.7 Å². The normalized spacial score (nSPS) is 27.7. The van der Waals surface area contributed by atoms with E-state index in [-0.39, 0.29) is 40.0 Å². The van der Waals surface area contributed by atoms with Crippen LogP contribution in [0.25, 0.3) is 10.1 Å². The molecular weight excluding hydrogens is 653 g/mol. The Morgan fingerprint density at radius 3 is 2.55 bits per heavy atom. The van der Waals surface area contributed by atoms with E-state index in [1.165, 1.54) is 12.1 Å². The molecular formula is C32H39F2N4O7PS. The molecule has 4 aliphatic heterocycles. The van der Waals surface area contributed by atoms with E-state index < -0.39 is 36.8 Å². The largest absolute Gasteiger partial charge is 0.399 e. The van der Waals surface area contributed by atoms with Crippen molar-refractivity contribution in [3.63, 3.8) is 0 Å². The Hall–Kier alpha value is -2.95. The molecule has 4 aliphatic rings. The number of nitriles is 1. The summed E-state index contributed by atoms with van der Waals surface area (Å²) in [6.07, 6.45) is 6.67. The van der Waals surface area contributed by atoms with Crippen molar-refractivity contribution in [2.45, 2.75) is 81.6 Å². The number of rotatable bonds is 7. The summed E-state index contributed by atoms with van der Waals surface area (Å²) in [5.41, 5.74) is -5.24. The van der Waals surface area contributed by atoms with Gasteiger partial charge in [0.15, 0.2) is 0 Å². The molecule has 0 saturated carbocycles. The van der Waals surface area contributed by atoms with Gasteiger partial charge in [-0.3, -0.25) is 18.9 Å². The quantitative estimate of drug-likeness (QED) is 0.356. The number of benzene rings is 1. The second kappa shape index (κ2) is 13.5. The fourth-order valence-corrected chi connectivity index (χ4v) is 9.13. The van der Waals surface area contributed by atoms with Crippen molar-refractivity contribution in [1.29, 1.82) is 5.26 Å². The highest BCUT2D eigenvalue weighted by molar-refractivity contribution is 7.52. The van der Waals surface area contributed by atoms with Crippen molar-refractivity contribution < 1.29 is 42.3 Å². The van der Waals surface area contributed by atoms with Gasteiger partial charge in [0, 0.05) is 42.6 Å². The average Bonchev–Trinajstić information content (AvgIpc) is 3.77. The Kier molecular flexibility index (Phi) is 9.76. The number of carbonyl (C=O) groups is 3. The molecule has 4 fully saturated rings. The van der Waals surface area contributed by atoms with Crippen LogP contribution < -0.4 is 5.32 Å². The summed E-state index contributed by atoms with van der Waals surface area (Å²) >= 11 is 1.02. The molecule has 0 spiro atoms. The van der Waals surface area contributed by atoms with Crippen LogP contribution in [0.5, 0.6) is 0 Å². The van der Waals surface area contributed by atoms with Gasteiger partial charge < -0.3 is 29.6 Å². The van der Waals surface area contributed by atoms with Gasteiger partial charge in [0.2, 0.25) is 11.8 Å². The first-order valence-corrected chi connectivity index (χ1v) is 18.7. The molecule has 11 nitrogen and oxygen atoms in total. The minimum atomic E-state index is -5.76. The molecule has 47 heavy (non-hydrogen) atoms. The van der Waals surface area contributed by atoms with Crippen LogP contribution in [0.15, 0.2) is 24.3 Å². The minimum absolute atomic E-state index is 0.0831. The van der Waals surface area contributed by atoms with E-state index in [1.807, 2.05) is 0 Å². The molecule has 0 unspecified atom stereocenters. The average molecular weight is 693 g/mol. The van der Waals surface area contributed by atoms with Crippen LogP contribution in [0.3, 0.4) is 0 Å². The van der Waals surface area contributed by atoms with E-state index in [9.17, 15) is 33.0 Å². The van der Waals surface area contributed by atoms with Crippen molar-refractivity contribution in [2.24, 2.45) is 17.8 Å². The van der Waals surface area contributed by atoms with Gasteiger partial charge in [0.05, 0.1) is 16.9 Å². The summed E-state index contributed by atoms with van der Waals surface area (Å²) in [5, 5.41) is 12.9. The summed E-state index contributed by atoms with van der Waals surface area (Å²) in [5.74, 6) is -0.736. The number of hydrogen-bond acceptors (Lipinski definition) is 7. The number of thiophene rings is 1. The van der Waals surface area contributed by atoms with Crippen LogP contribution >= 0.6 is 18.9 Å². The predicted molar refractivity (Wildman–Crippen MR) is 168 cm³/mol. The predicted octanol–water partition coefficient (Wildman–Crippen LogP) is 4.58. The number of fused-ring (bicyclic) bond motifs is 2. The van der Waals surface area contributed by atoms with E-state index in [4.69, 9.17) is 14.5 Å². The van der Waals surface area contributed by atoms with Gasteiger partial charge in [0.25, 0.3) is 5.91 Å². The maximum Gasteiger partial charge on any atom is 0.399 e. The zero-order chi connectivity index (χ0) is 33.5. The topological polar surface area (TPSA) is 160 Å². The number of ether oxygens (including phenoxy) is 1. The Bertz CT molecular complexity index is 1620. The van der Waals surface area contributed by atoms with Gasteiger partial charge >= 0.3 is 13.3 Å². The fourth-order valence-electron chi connectivity index (χ4n) is 7.71. The van der Waals surface area contributed by atoms with Crippen molar-refractivity contribution in [2.75, 3.05) is 26.3 Å². The zero-order valence-electron chi connectivity index (χ0n) is 25.9. The Morgan fingerprint density at radius 1 is 1.09 bits per heavy atom. The van der Waals surface area contributed by atoms with E-state index in [2.05, 4.69) is 11.4 Å². The number of nitrogens with zero attached hydrogens (tertiary/aromatic N) is 3. The maximum atomic E-state index is 14.3. The van der Waals surface area contributed by atoms with Gasteiger partial charge in [-0.25, -0.2) is 0 Å². The molecule has 15 heteroatoms. The molecule has 1 aromatic heterocycles. The first kappa shape index (κ1) is 33.9. The molecule has 6 rings (SSSR count). The highest BCUT2D eigenvalue weighted by Gasteiger charge is 2.51. The second-order valence-corrected chi connectivity index (χ2v) is 16.0. The Balaban J connectivity index is 1.16. The Morgan fingerprint density at radius 2 is 1.83 bits per heavy atom. The number of nitrogens with one attached hydrogen (secondary N) is 1. The summed E-state index contributed by atoms with van der Waals surface area (Å²) in [6, 6.07) is 5.27. The molecule has 5 heterocycles. The third kappa shape index (κ3) is 6.83. The number of hydrogen-bond donors (Lipinski definition) is 3. The number of likely N-dealkylation sites (tertiary alicyclic amines) is 1. The molecule has 3 N–H and O–H groups in total. The summed E-state index contributed by atoms with van der Waals surface area (Å²) in [7, 11) is -5.76. The lowest BCUT2D eigenvalue weighted by Gasteiger charge is -2.36. The van der Waals surface area contributed by atoms with Crippen LogP contribution in [0.4, 0.5) is 8.78 Å². The third-order valence-electron chi connectivity index (χ3n) is 10.3. The van der Waals surface area contributed by atoms with Gasteiger partial charge in [-0.1, -0.05) is 18.9 Å². The summed E-state index contributed by atoms with van der Waals surface area (Å²) in [6.45, 7) is 2.28. The molecule has 0 radical (unpaired) electrons. The van der Waals surface area contributed by atoms with Gasteiger partial charge in [-0.15, -0.1) is 11.3 Å². The monoisotopic (exact) mass is 692 g/mol. The van der Waals surface area contributed by atoms with E-state index >= 15 is 0 Å². The number of alkyl halides is 2. The molecule has 3 amide bonds. The highest BCUT2D eigenvalue weighted by Crippen LogP contribution is 2.59. The van der Waals surface area contributed by atoms with E-state index in [1.54, 1.807) is 9.80 Å². The molecule has 2 aromatic rings. The standard InChI is InChI=1S/C32H39F2N4O7PS/c33-32(34,46(42,43)44)23-5-8-27-20(14-23)15-28(47-27)29(39)36-25-4-2-1-3-24-6-7-26(38(24)30(25)40)31(41)37-17-21(22(16-35)18-37)13-19-9-11-45-12-10-19/h5,8,14-15,19,21-22,24-26H,1-4,6-7,9-13,17-18H2,(H,36,39)(H2,42,43,44)/t21-,22-,24-,25-,26-/m0/s1. The lowest BCUT2D eigenvalue weighted by Crippen LogP contribution is -2.56. The van der Waals surface area contributed by atoms with Crippen molar-refractivity contribution in [3.8, 4) is 6.07 Å². The number of amides is 3. The molecule has 0 aliphatic carbocycles. The van der Waals surface area contributed by atoms with Gasteiger partial charge in [0.1, 0.15) is 12.1 Å². The van der Waals surface area contributed by atoms with Crippen LogP contribution in [0.2, 0.25) is 0 Å². The van der Waals surface area contributed by atoms with Gasteiger partial charge in [-0.05, 0) is 80.4 Å². The van der Waals surface area contributed by atoms with Crippen molar-refractivity contribution in [3.05, 3.63) is 34.7 Å². The number of carbonyl (C=O) groups excluding carboxylic acids is 3. The lowest BCUT2D eigenvalue weighted by molar-refractivity contribution is -0.146. The van der Waals surface area contributed by atoms with E-state index in [0.717, 1.165) is 68.8 Å². The Labute approximate surface area is 275 Å².